The Morgan fingerprint density at radius 3 is 2.48 bits per heavy atom. The number of carbonyl (C=O) groups is 1. The van der Waals surface area contributed by atoms with Crippen LogP contribution in [0.4, 0.5) is 16.2 Å². The molecule has 2 aromatic carbocycles. The van der Waals surface area contributed by atoms with E-state index in [4.69, 9.17) is 5.73 Å². The minimum absolute atomic E-state index is 0.314. The summed E-state index contributed by atoms with van der Waals surface area (Å²) in [5.74, 6) is 0. The Morgan fingerprint density at radius 2 is 1.84 bits per heavy atom. The lowest BCUT2D eigenvalue weighted by atomic mass is 10.1. The summed E-state index contributed by atoms with van der Waals surface area (Å²) in [6.07, 6.45) is 1.88. The monoisotopic (exact) mass is 399 g/mol. The van der Waals surface area contributed by atoms with Gasteiger partial charge in [-0.3, -0.25) is 4.68 Å². The number of aromatic nitrogens is 2. The number of anilines is 2. The van der Waals surface area contributed by atoms with Crippen LogP contribution in [0.2, 0.25) is 0 Å². The predicted octanol–water partition coefficient (Wildman–Crippen LogP) is 3.95. The highest BCUT2D eigenvalue weighted by Crippen LogP contribution is 2.28. The zero-order chi connectivity index (χ0) is 17.8. The number of benzene rings is 2. The van der Waals surface area contributed by atoms with Crippen molar-refractivity contribution in [2.75, 3.05) is 10.6 Å². The van der Waals surface area contributed by atoms with E-state index in [1.807, 2.05) is 61.8 Å². The molecule has 0 atom stereocenters. The van der Waals surface area contributed by atoms with Crippen LogP contribution in [0.1, 0.15) is 5.56 Å². The van der Waals surface area contributed by atoms with Crippen molar-refractivity contribution < 1.29 is 4.79 Å². The summed E-state index contributed by atoms with van der Waals surface area (Å²) in [6, 6.07) is 14.7. The first kappa shape index (κ1) is 17.2. The van der Waals surface area contributed by atoms with Gasteiger partial charge in [0.2, 0.25) is 0 Å². The Bertz CT molecular complexity index is 906. The van der Waals surface area contributed by atoms with Crippen LogP contribution in [-0.4, -0.2) is 15.8 Å². The lowest BCUT2D eigenvalue weighted by molar-refractivity contribution is 0.262. The van der Waals surface area contributed by atoms with E-state index in [9.17, 15) is 4.79 Å². The van der Waals surface area contributed by atoms with Crippen LogP contribution in [0.5, 0.6) is 0 Å². The number of nitrogens with two attached hydrogens (primary N) is 1. The van der Waals surface area contributed by atoms with Gasteiger partial charge in [-0.25, -0.2) is 4.79 Å². The largest absolute Gasteiger partial charge is 0.326 e. The molecule has 0 fully saturated rings. The summed E-state index contributed by atoms with van der Waals surface area (Å²) < 4.78 is 2.63. The van der Waals surface area contributed by atoms with Crippen LogP contribution < -0.4 is 16.4 Å². The molecular formula is C18H18BrN5O. The number of nitrogens with one attached hydrogen (secondary N) is 2. The molecule has 0 saturated heterocycles. The summed E-state index contributed by atoms with van der Waals surface area (Å²) >= 11 is 3.49. The van der Waals surface area contributed by atoms with E-state index in [-0.39, 0.29) is 6.03 Å². The number of rotatable bonds is 4. The van der Waals surface area contributed by atoms with E-state index in [0.29, 0.717) is 17.9 Å². The van der Waals surface area contributed by atoms with Gasteiger partial charge in [0.05, 0.1) is 4.47 Å². The highest BCUT2D eigenvalue weighted by Gasteiger charge is 2.09. The number of hydrogen-bond acceptors (Lipinski definition) is 3. The van der Waals surface area contributed by atoms with Gasteiger partial charge >= 0.3 is 6.03 Å². The van der Waals surface area contributed by atoms with Crippen LogP contribution in [0.25, 0.3) is 11.3 Å². The molecule has 1 aromatic heterocycles. The average molecular weight is 400 g/mol. The fourth-order valence-electron chi connectivity index (χ4n) is 2.47. The Hall–Kier alpha value is -2.64. The Kier molecular flexibility index (Phi) is 5.16. The summed E-state index contributed by atoms with van der Waals surface area (Å²) in [6.45, 7) is 0.429. The maximum absolute atomic E-state index is 12.2. The molecule has 128 valence electrons. The lowest BCUT2D eigenvalue weighted by Crippen LogP contribution is -2.19. The molecule has 4 N–H and O–H groups in total. The van der Waals surface area contributed by atoms with Crippen LogP contribution in [-0.2, 0) is 13.6 Å². The molecule has 0 radical (unpaired) electrons. The number of aryl methyl sites for hydroxylation is 1. The summed E-state index contributed by atoms with van der Waals surface area (Å²) in [5, 5.41) is 10.1. The number of halogens is 1. The van der Waals surface area contributed by atoms with Gasteiger partial charge in [-0.1, -0.05) is 24.3 Å². The third kappa shape index (κ3) is 4.26. The average Bonchev–Trinajstić information content (AvgIpc) is 2.93. The molecule has 25 heavy (non-hydrogen) atoms. The van der Waals surface area contributed by atoms with Gasteiger partial charge in [0.1, 0.15) is 5.69 Å². The molecule has 0 spiro atoms. The first-order valence-corrected chi connectivity index (χ1v) is 8.51. The second kappa shape index (κ2) is 7.50. The van der Waals surface area contributed by atoms with E-state index >= 15 is 0 Å². The zero-order valence-electron chi connectivity index (χ0n) is 13.7. The SMILES string of the molecule is Cn1cc(Br)c(-c2cccc(NC(=O)Nc3cccc(CN)c3)c2)n1. The molecule has 0 saturated carbocycles. The molecule has 0 aliphatic carbocycles. The van der Waals surface area contributed by atoms with Gasteiger partial charge in [-0.15, -0.1) is 0 Å². The van der Waals surface area contributed by atoms with E-state index in [1.54, 1.807) is 4.68 Å². The Morgan fingerprint density at radius 1 is 1.16 bits per heavy atom. The molecule has 0 unspecified atom stereocenters. The van der Waals surface area contributed by atoms with Gasteiger partial charge in [0.25, 0.3) is 0 Å². The van der Waals surface area contributed by atoms with Gasteiger partial charge < -0.3 is 16.4 Å². The first-order valence-electron chi connectivity index (χ1n) is 7.72. The smallest absolute Gasteiger partial charge is 0.323 e. The van der Waals surface area contributed by atoms with Gasteiger partial charge in [-0.2, -0.15) is 5.10 Å². The summed E-state index contributed by atoms with van der Waals surface area (Å²) in [7, 11) is 1.86. The minimum atomic E-state index is -0.314. The van der Waals surface area contributed by atoms with Crippen molar-refractivity contribution in [1.82, 2.24) is 9.78 Å². The van der Waals surface area contributed by atoms with E-state index < -0.39 is 0 Å². The molecule has 0 aliphatic heterocycles. The van der Waals surface area contributed by atoms with Crippen LogP contribution in [0.15, 0.2) is 59.2 Å². The Balaban J connectivity index is 1.73. The lowest BCUT2D eigenvalue weighted by Gasteiger charge is -2.09. The normalized spacial score (nSPS) is 10.5. The van der Waals surface area contributed by atoms with Crippen molar-refractivity contribution in [3.8, 4) is 11.3 Å². The second-order valence-electron chi connectivity index (χ2n) is 5.56. The zero-order valence-corrected chi connectivity index (χ0v) is 15.2. The van der Waals surface area contributed by atoms with Gasteiger partial charge in [0.15, 0.2) is 0 Å². The molecule has 3 aromatic rings. The fraction of sp³-hybridized carbons (Fsp3) is 0.111. The molecule has 0 bridgehead atoms. The van der Waals surface area contributed by atoms with Crippen molar-refractivity contribution in [1.29, 1.82) is 0 Å². The van der Waals surface area contributed by atoms with Gasteiger partial charge in [0, 0.05) is 36.7 Å². The maximum atomic E-state index is 12.2. The second-order valence-corrected chi connectivity index (χ2v) is 6.42. The number of amides is 2. The van der Waals surface area contributed by atoms with E-state index in [0.717, 1.165) is 21.3 Å². The molecule has 2 amide bonds. The molecule has 7 heteroatoms. The highest BCUT2D eigenvalue weighted by molar-refractivity contribution is 9.10. The van der Waals surface area contributed by atoms with Gasteiger partial charge in [-0.05, 0) is 45.8 Å². The standard InChI is InChI=1S/C18H18BrN5O/c1-24-11-16(19)17(23-24)13-5-3-7-15(9-13)22-18(25)21-14-6-2-4-12(8-14)10-20/h2-9,11H,10,20H2,1H3,(H2,21,22,25). The number of urea groups is 1. The van der Waals surface area contributed by atoms with Crippen LogP contribution >= 0.6 is 15.9 Å². The molecular weight excluding hydrogens is 382 g/mol. The molecule has 1 heterocycles. The minimum Gasteiger partial charge on any atom is -0.326 e. The number of nitrogens with zero attached hydrogens (tertiary/aromatic N) is 2. The number of carbonyl (C=O) groups excluding carboxylic acids is 1. The van der Waals surface area contributed by atoms with Crippen LogP contribution in [0.3, 0.4) is 0 Å². The van der Waals surface area contributed by atoms with Crippen molar-refractivity contribution in [2.24, 2.45) is 12.8 Å². The third-order valence-corrected chi connectivity index (χ3v) is 4.18. The maximum Gasteiger partial charge on any atom is 0.323 e. The molecule has 0 aliphatic rings. The predicted molar refractivity (Wildman–Crippen MR) is 103 cm³/mol. The summed E-state index contributed by atoms with van der Waals surface area (Å²) in [4.78, 5) is 12.2. The Labute approximate surface area is 154 Å². The molecule has 6 nitrogen and oxygen atoms in total. The van der Waals surface area contributed by atoms with Crippen LogP contribution in [0, 0.1) is 0 Å². The van der Waals surface area contributed by atoms with Crippen molar-refractivity contribution >= 4 is 33.3 Å². The quantitative estimate of drug-likeness (QED) is 0.620. The first-order chi connectivity index (χ1) is 12.0. The highest BCUT2D eigenvalue weighted by atomic mass is 79.9. The third-order valence-electron chi connectivity index (χ3n) is 3.60. The van der Waals surface area contributed by atoms with Crippen molar-refractivity contribution in [2.45, 2.75) is 6.54 Å². The topological polar surface area (TPSA) is 85.0 Å². The molecule has 3 rings (SSSR count). The number of hydrogen-bond donors (Lipinski definition) is 3. The fourth-order valence-corrected chi connectivity index (χ4v) is 3.07. The van der Waals surface area contributed by atoms with Crippen molar-refractivity contribution in [3.63, 3.8) is 0 Å². The van der Waals surface area contributed by atoms with E-state index in [2.05, 4.69) is 31.7 Å². The summed E-state index contributed by atoms with van der Waals surface area (Å²) in [5.41, 5.74) is 9.69. The van der Waals surface area contributed by atoms with E-state index in [1.165, 1.54) is 0 Å². The van der Waals surface area contributed by atoms with Crippen molar-refractivity contribution in [3.05, 3.63) is 64.8 Å².